The van der Waals surface area contributed by atoms with E-state index >= 15 is 0 Å². The Labute approximate surface area is 190 Å². The van der Waals surface area contributed by atoms with Crippen LogP contribution in [0, 0.1) is 28.1 Å². The van der Waals surface area contributed by atoms with Gasteiger partial charge in [0.25, 0.3) is 0 Å². The quantitative estimate of drug-likeness (QED) is 0.346. The second-order valence-electron chi connectivity index (χ2n) is 11.7. The van der Waals surface area contributed by atoms with Crippen molar-refractivity contribution in [2.45, 2.75) is 91.2 Å². The summed E-state index contributed by atoms with van der Waals surface area (Å²) in [6.45, 7) is 10.1. The van der Waals surface area contributed by atoms with Gasteiger partial charge in [-0.15, -0.1) is 0 Å². The number of piperidine rings is 2. The summed E-state index contributed by atoms with van der Waals surface area (Å²) in [7, 11) is 0. The predicted octanol–water partition coefficient (Wildman–Crippen LogP) is 6.90. The fraction of sp³-hybridized carbons (Fsp3) is 0.724. The average Bonchev–Trinajstić information content (AvgIpc) is 3.36. The molecule has 6 rings (SSSR count). The minimum atomic E-state index is 0.463. The van der Waals surface area contributed by atoms with Crippen molar-refractivity contribution in [3.63, 3.8) is 0 Å². The highest BCUT2D eigenvalue weighted by Crippen LogP contribution is 2.77. The van der Waals surface area contributed by atoms with Crippen LogP contribution in [0.25, 0.3) is 0 Å². The predicted molar refractivity (Wildman–Crippen MR) is 129 cm³/mol. The molecule has 0 radical (unpaired) electrons. The van der Waals surface area contributed by atoms with Crippen LogP contribution in [0.3, 0.4) is 0 Å². The van der Waals surface area contributed by atoms with Crippen molar-refractivity contribution in [2.24, 2.45) is 28.1 Å². The first kappa shape index (κ1) is 21.7. The van der Waals surface area contributed by atoms with Crippen LogP contribution in [0.2, 0.25) is 0 Å². The first-order valence-corrected chi connectivity index (χ1v) is 13.0. The van der Waals surface area contributed by atoms with E-state index in [0.29, 0.717) is 16.2 Å². The van der Waals surface area contributed by atoms with Crippen molar-refractivity contribution in [1.29, 1.82) is 0 Å². The van der Waals surface area contributed by atoms with E-state index in [0.717, 1.165) is 31.1 Å². The van der Waals surface area contributed by atoms with Gasteiger partial charge in [0.05, 0.1) is 6.61 Å². The molecule has 2 aliphatic heterocycles. The summed E-state index contributed by atoms with van der Waals surface area (Å²) in [6.07, 6.45) is 15.1. The zero-order valence-corrected chi connectivity index (χ0v) is 20.1. The topological polar surface area (TPSA) is 21.3 Å². The second kappa shape index (κ2) is 8.34. The molecule has 2 heterocycles. The van der Waals surface area contributed by atoms with Crippen LogP contribution in [0.1, 0.15) is 84.1 Å². The van der Waals surface area contributed by atoms with Crippen molar-refractivity contribution < 1.29 is 4.74 Å². The molecule has 1 spiro atoms. The number of hydrogen-bond acceptors (Lipinski definition) is 2. The Morgan fingerprint density at radius 2 is 1.97 bits per heavy atom. The van der Waals surface area contributed by atoms with Crippen LogP contribution < -0.4 is 5.32 Å². The van der Waals surface area contributed by atoms with Gasteiger partial charge < -0.3 is 10.1 Å². The maximum absolute atomic E-state index is 6.14. The highest BCUT2D eigenvalue weighted by molar-refractivity contribution is 5.26. The maximum atomic E-state index is 6.14. The summed E-state index contributed by atoms with van der Waals surface area (Å²) < 4.78 is 6.14. The van der Waals surface area contributed by atoms with Crippen LogP contribution in [-0.4, -0.2) is 19.2 Å². The van der Waals surface area contributed by atoms with Gasteiger partial charge in [-0.2, -0.15) is 0 Å². The molecular formula is C29H43NO. The Hall–Kier alpha value is -1.12. The number of rotatable bonds is 9. The third kappa shape index (κ3) is 3.35. The second-order valence-corrected chi connectivity index (χ2v) is 11.7. The molecular weight excluding hydrogens is 378 g/mol. The van der Waals surface area contributed by atoms with Crippen molar-refractivity contribution in [2.75, 3.05) is 13.2 Å². The summed E-state index contributed by atoms with van der Waals surface area (Å²) in [5.41, 5.74) is 4.34. The van der Waals surface area contributed by atoms with Crippen molar-refractivity contribution >= 4 is 0 Å². The molecule has 2 saturated heterocycles. The van der Waals surface area contributed by atoms with Gasteiger partial charge in [-0.25, -0.2) is 0 Å². The van der Waals surface area contributed by atoms with E-state index in [4.69, 9.17) is 4.74 Å². The molecule has 1 N–H and O–H groups in total. The van der Waals surface area contributed by atoms with E-state index < -0.39 is 0 Å². The fourth-order valence-corrected chi connectivity index (χ4v) is 9.06. The number of hydrogen-bond donors (Lipinski definition) is 1. The lowest BCUT2D eigenvalue weighted by Crippen LogP contribution is -2.73. The molecule has 0 amide bonds. The molecule has 0 aromatic heterocycles. The lowest BCUT2D eigenvalue weighted by molar-refractivity contribution is -0.187. The first-order chi connectivity index (χ1) is 15.0. The Balaban J connectivity index is 1.33. The number of fused-ring (bicyclic) bond motifs is 1. The van der Waals surface area contributed by atoms with Gasteiger partial charge >= 0.3 is 0 Å². The third-order valence-corrected chi connectivity index (χ3v) is 10.3. The molecule has 1 aromatic rings. The standard InChI is InChI=1S/C29H43NO/c1-22(2)10-7-15-27(3)24-14-18-28-16-8-13-25(28)29(27,21-30-26(24)28)17-9-19-31-20-23-11-5-4-6-12-23/h4-6,10-12,24-26,30H,7-9,13-21H2,1-3H3/t24?,25-,26+,27-,28+,29+/m0/s1. The molecule has 5 fully saturated rings. The van der Waals surface area contributed by atoms with Crippen LogP contribution in [0.5, 0.6) is 0 Å². The van der Waals surface area contributed by atoms with E-state index in [2.05, 4.69) is 62.5 Å². The summed E-state index contributed by atoms with van der Waals surface area (Å²) in [5, 5.41) is 4.15. The van der Waals surface area contributed by atoms with Crippen LogP contribution in [0.4, 0.5) is 0 Å². The Bertz CT molecular complexity index is 798. The molecule has 2 nitrogen and oxygen atoms in total. The zero-order chi connectivity index (χ0) is 21.5. The normalized spacial score (nSPS) is 40.2. The van der Waals surface area contributed by atoms with Gasteiger partial charge in [0, 0.05) is 19.2 Å². The summed E-state index contributed by atoms with van der Waals surface area (Å²) >= 11 is 0. The molecule has 170 valence electrons. The summed E-state index contributed by atoms with van der Waals surface area (Å²) in [5.74, 6) is 1.82. The van der Waals surface area contributed by atoms with Gasteiger partial charge in [-0.1, -0.05) is 55.3 Å². The Morgan fingerprint density at radius 1 is 1.13 bits per heavy atom. The highest BCUT2D eigenvalue weighted by atomic mass is 16.5. The molecule has 3 aliphatic carbocycles. The number of nitrogens with one attached hydrogen (secondary N) is 1. The van der Waals surface area contributed by atoms with E-state index in [-0.39, 0.29) is 0 Å². The Morgan fingerprint density at radius 3 is 2.77 bits per heavy atom. The number of benzene rings is 1. The third-order valence-electron chi connectivity index (χ3n) is 10.3. The zero-order valence-electron chi connectivity index (χ0n) is 20.1. The molecule has 3 saturated carbocycles. The molecule has 1 aromatic carbocycles. The van der Waals surface area contributed by atoms with E-state index in [1.807, 2.05) is 0 Å². The van der Waals surface area contributed by atoms with Gasteiger partial charge in [0.2, 0.25) is 0 Å². The number of ether oxygens (including phenoxy) is 1. The molecule has 2 heteroatoms. The van der Waals surface area contributed by atoms with E-state index in [1.54, 1.807) is 0 Å². The molecule has 5 aliphatic rings. The van der Waals surface area contributed by atoms with Crippen molar-refractivity contribution in [3.05, 3.63) is 47.5 Å². The summed E-state index contributed by atoms with van der Waals surface area (Å²) in [6, 6.07) is 11.4. The van der Waals surface area contributed by atoms with Crippen LogP contribution >= 0.6 is 0 Å². The minimum Gasteiger partial charge on any atom is -0.377 e. The van der Waals surface area contributed by atoms with E-state index in [9.17, 15) is 0 Å². The maximum Gasteiger partial charge on any atom is 0.0716 e. The summed E-state index contributed by atoms with van der Waals surface area (Å²) in [4.78, 5) is 0. The lowest BCUT2D eigenvalue weighted by Gasteiger charge is -2.69. The largest absolute Gasteiger partial charge is 0.377 e. The van der Waals surface area contributed by atoms with Gasteiger partial charge in [0.15, 0.2) is 0 Å². The van der Waals surface area contributed by atoms with Crippen molar-refractivity contribution in [3.8, 4) is 0 Å². The van der Waals surface area contributed by atoms with Crippen LogP contribution in [0.15, 0.2) is 42.0 Å². The first-order valence-electron chi connectivity index (χ1n) is 13.0. The minimum absolute atomic E-state index is 0.463. The Kier molecular flexibility index (Phi) is 5.84. The highest BCUT2D eigenvalue weighted by Gasteiger charge is 2.74. The average molecular weight is 422 g/mol. The van der Waals surface area contributed by atoms with Gasteiger partial charge in [-0.05, 0) is 98.9 Å². The van der Waals surface area contributed by atoms with Gasteiger partial charge in [0.1, 0.15) is 0 Å². The molecule has 31 heavy (non-hydrogen) atoms. The van der Waals surface area contributed by atoms with E-state index in [1.165, 1.54) is 75.5 Å². The molecule has 6 atom stereocenters. The monoisotopic (exact) mass is 421 g/mol. The molecule has 4 bridgehead atoms. The van der Waals surface area contributed by atoms with Crippen LogP contribution in [-0.2, 0) is 11.3 Å². The molecule has 1 unspecified atom stereocenters. The fourth-order valence-electron chi connectivity index (χ4n) is 9.06. The van der Waals surface area contributed by atoms with Crippen molar-refractivity contribution in [1.82, 2.24) is 5.32 Å². The SMILES string of the molecule is CC(C)=CCC[C@@]1(C)C2CC[C@]34CCC[C@@H]3[C@@]1(CCCOCc1ccccc1)CN[C@H]24. The van der Waals surface area contributed by atoms with Gasteiger partial charge in [-0.3, -0.25) is 0 Å². The smallest absolute Gasteiger partial charge is 0.0716 e. The lowest BCUT2D eigenvalue weighted by atomic mass is 9.39. The number of allylic oxidation sites excluding steroid dienone is 2.